The van der Waals surface area contributed by atoms with Gasteiger partial charge in [0.05, 0.1) is 0 Å². The van der Waals surface area contributed by atoms with Crippen LogP contribution in [0.4, 0.5) is 4.79 Å². The van der Waals surface area contributed by atoms with Gasteiger partial charge in [-0.05, 0) is 18.4 Å². The molecule has 19 heavy (non-hydrogen) atoms. The third-order valence-electron chi connectivity index (χ3n) is 2.86. The second-order valence-electron chi connectivity index (χ2n) is 4.23. The summed E-state index contributed by atoms with van der Waals surface area (Å²) >= 11 is 0. The highest BCUT2D eigenvalue weighted by Crippen LogP contribution is 2.16. The van der Waals surface area contributed by atoms with E-state index in [2.05, 4.69) is 0 Å². The summed E-state index contributed by atoms with van der Waals surface area (Å²) in [5.41, 5.74) is 0.873. The topological polar surface area (TPSA) is 66.8 Å². The van der Waals surface area contributed by atoms with Gasteiger partial charge in [0, 0.05) is 6.54 Å². The van der Waals surface area contributed by atoms with Crippen LogP contribution in [0.25, 0.3) is 0 Å². The molecule has 1 heterocycles. The summed E-state index contributed by atoms with van der Waals surface area (Å²) in [5, 5.41) is 9.03. The minimum atomic E-state index is -1.10. The van der Waals surface area contributed by atoms with Crippen molar-refractivity contribution in [3.05, 3.63) is 47.7 Å². The van der Waals surface area contributed by atoms with Crippen molar-refractivity contribution in [3.8, 4) is 0 Å². The van der Waals surface area contributed by atoms with Gasteiger partial charge in [-0.2, -0.15) is 0 Å². The molecule has 5 heteroatoms. The first-order valence-corrected chi connectivity index (χ1v) is 6.10. The number of carboxylic acid groups (broad SMARTS) is 1. The Morgan fingerprint density at radius 2 is 2.00 bits per heavy atom. The molecule has 0 aromatic heterocycles. The molecular formula is C14H15NO4. The third kappa shape index (κ3) is 3.34. The first-order valence-electron chi connectivity index (χ1n) is 6.10. The average molecular weight is 261 g/mol. The number of carbonyl (C=O) groups is 2. The maximum absolute atomic E-state index is 11.9. The van der Waals surface area contributed by atoms with E-state index in [1.165, 1.54) is 4.90 Å². The Balaban J connectivity index is 1.97. The van der Waals surface area contributed by atoms with Gasteiger partial charge in [-0.15, -0.1) is 0 Å². The van der Waals surface area contributed by atoms with Crippen molar-refractivity contribution in [2.45, 2.75) is 19.4 Å². The SMILES string of the molecule is O=C(O)C1=CCCCN1C(=O)OCc1ccccc1. The van der Waals surface area contributed by atoms with Crippen molar-refractivity contribution in [2.75, 3.05) is 6.54 Å². The Morgan fingerprint density at radius 1 is 1.26 bits per heavy atom. The number of benzene rings is 1. The van der Waals surface area contributed by atoms with Crippen LogP contribution in [0.5, 0.6) is 0 Å². The van der Waals surface area contributed by atoms with Crippen molar-refractivity contribution >= 4 is 12.1 Å². The van der Waals surface area contributed by atoms with Gasteiger partial charge >= 0.3 is 12.1 Å². The van der Waals surface area contributed by atoms with Gasteiger partial charge < -0.3 is 9.84 Å². The number of hydrogen-bond acceptors (Lipinski definition) is 3. The van der Waals surface area contributed by atoms with E-state index in [-0.39, 0.29) is 12.3 Å². The molecule has 0 aliphatic carbocycles. The average Bonchev–Trinajstić information content (AvgIpc) is 2.46. The van der Waals surface area contributed by atoms with Gasteiger partial charge in [0.15, 0.2) is 0 Å². The van der Waals surface area contributed by atoms with Gasteiger partial charge in [-0.25, -0.2) is 9.59 Å². The van der Waals surface area contributed by atoms with E-state index in [0.717, 1.165) is 12.0 Å². The number of amides is 1. The molecule has 0 unspecified atom stereocenters. The molecule has 1 aromatic carbocycles. The summed E-state index contributed by atoms with van der Waals surface area (Å²) in [6, 6.07) is 9.27. The van der Waals surface area contributed by atoms with E-state index >= 15 is 0 Å². The van der Waals surface area contributed by atoms with Crippen LogP contribution < -0.4 is 0 Å². The summed E-state index contributed by atoms with van der Waals surface area (Å²) in [6.45, 7) is 0.523. The number of carboxylic acids is 1. The van der Waals surface area contributed by atoms with Gasteiger partial charge in [0.2, 0.25) is 0 Å². The van der Waals surface area contributed by atoms with Crippen molar-refractivity contribution in [1.29, 1.82) is 0 Å². The zero-order valence-corrected chi connectivity index (χ0v) is 10.4. The quantitative estimate of drug-likeness (QED) is 0.907. The minimum Gasteiger partial charge on any atom is -0.477 e. The Labute approximate surface area is 111 Å². The highest BCUT2D eigenvalue weighted by Gasteiger charge is 2.26. The second-order valence-corrected chi connectivity index (χ2v) is 4.23. The summed E-state index contributed by atoms with van der Waals surface area (Å²) in [4.78, 5) is 24.1. The Kier molecular flexibility index (Phi) is 4.18. The number of carbonyl (C=O) groups excluding carboxylic acids is 1. The molecule has 0 fully saturated rings. The molecule has 1 N–H and O–H groups in total. The summed E-state index contributed by atoms with van der Waals surface area (Å²) in [6.07, 6.45) is 2.36. The molecule has 1 aliphatic rings. The number of aliphatic carboxylic acids is 1. The summed E-state index contributed by atoms with van der Waals surface area (Å²) < 4.78 is 5.13. The maximum Gasteiger partial charge on any atom is 0.414 e. The molecule has 0 radical (unpaired) electrons. The number of ether oxygens (including phenoxy) is 1. The largest absolute Gasteiger partial charge is 0.477 e. The molecule has 5 nitrogen and oxygen atoms in total. The number of nitrogens with zero attached hydrogens (tertiary/aromatic N) is 1. The number of hydrogen-bond donors (Lipinski definition) is 1. The maximum atomic E-state index is 11.9. The molecule has 1 aliphatic heterocycles. The predicted molar refractivity (Wildman–Crippen MR) is 68.3 cm³/mol. The van der Waals surface area contributed by atoms with Gasteiger partial charge in [-0.3, -0.25) is 4.90 Å². The fourth-order valence-corrected chi connectivity index (χ4v) is 1.91. The van der Waals surface area contributed by atoms with Crippen molar-refractivity contribution in [3.63, 3.8) is 0 Å². The molecule has 1 aromatic rings. The zero-order chi connectivity index (χ0) is 13.7. The molecule has 0 bridgehead atoms. The van der Waals surface area contributed by atoms with Crippen LogP contribution in [0, 0.1) is 0 Å². The molecule has 100 valence electrons. The summed E-state index contributed by atoms with van der Waals surface area (Å²) in [7, 11) is 0. The van der Waals surface area contributed by atoms with Crippen LogP contribution in [0.15, 0.2) is 42.1 Å². The minimum absolute atomic E-state index is 0.00399. The van der Waals surface area contributed by atoms with Crippen LogP contribution in [-0.2, 0) is 16.1 Å². The van der Waals surface area contributed by atoms with E-state index in [1.807, 2.05) is 30.3 Å². The monoisotopic (exact) mass is 261 g/mol. The molecule has 0 saturated carbocycles. The van der Waals surface area contributed by atoms with Crippen LogP contribution in [-0.4, -0.2) is 28.6 Å². The first kappa shape index (κ1) is 13.1. The molecule has 0 atom stereocenters. The van der Waals surface area contributed by atoms with E-state index in [1.54, 1.807) is 6.08 Å². The first-order chi connectivity index (χ1) is 9.18. The zero-order valence-electron chi connectivity index (χ0n) is 10.4. The van der Waals surface area contributed by atoms with Gasteiger partial charge in [0.25, 0.3) is 0 Å². The second kappa shape index (κ2) is 6.04. The van der Waals surface area contributed by atoms with Crippen LogP contribution >= 0.6 is 0 Å². The van der Waals surface area contributed by atoms with E-state index in [9.17, 15) is 9.59 Å². The summed E-state index contributed by atoms with van der Waals surface area (Å²) in [5.74, 6) is -1.10. The standard InChI is InChI=1S/C14H15NO4/c16-13(17)12-8-4-5-9-15(12)14(18)19-10-11-6-2-1-3-7-11/h1-3,6-8H,4-5,9-10H2,(H,16,17). The van der Waals surface area contributed by atoms with Crippen molar-refractivity contribution in [1.82, 2.24) is 4.90 Å². The highest BCUT2D eigenvalue weighted by molar-refractivity contribution is 5.91. The predicted octanol–water partition coefficient (Wildman–Crippen LogP) is 2.39. The van der Waals surface area contributed by atoms with Crippen molar-refractivity contribution in [2.24, 2.45) is 0 Å². The Morgan fingerprint density at radius 3 is 2.68 bits per heavy atom. The molecule has 2 rings (SSSR count). The van der Waals surface area contributed by atoms with E-state index < -0.39 is 12.1 Å². The highest BCUT2D eigenvalue weighted by atomic mass is 16.6. The van der Waals surface area contributed by atoms with Crippen molar-refractivity contribution < 1.29 is 19.4 Å². The van der Waals surface area contributed by atoms with Crippen LogP contribution in [0.1, 0.15) is 18.4 Å². The number of rotatable bonds is 3. The lowest BCUT2D eigenvalue weighted by Crippen LogP contribution is -2.36. The smallest absolute Gasteiger partial charge is 0.414 e. The molecular weight excluding hydrogens is 246 g/mol. The lowest BCUT2D eigenvalue weighted by Gasteiger charge is -2.25. The molecule has 0 spiro atoms. The van der Waals surface area contributed by atoms with E-state index in [0.29, 0.717) is 13.0 Å². The lowest BCUT2D eigenvalue weighted by atomic mass is 10.1. The van der Waals surface area contributed by atoms with E-state index in [4.69, 9.17) is 9.84 Å². The normalized spacial score (nSPS) is 14.7. The number of allylic oxidation sites excluding steroid dienone is 1. The van der Waals surface area contributed by atoms with Gasteiger partial charge in [-0.1, -0.05) is 36.4 Å². The van der Waals surface area contributed by atoms with Gasteiger partial charge in [0.1, 0.15) is 12.3 Å². The lowest BCUT2D eigenvalue weighted by molar-refractivity contribution is -0.134. The Hall–Kier alpha value is -2.30. The van der Waals surface area contributed by atoms with Crippen LogP contribution in [0.3, 0.4) is 0 Å². The Bertz CT molecular complexity index is 495. The third-order valence-corrected chi connectivity index (χ3v) is 2.86. The molecule has 1 amide bonds. The molecule has 0 saturated heterocycles. The fourth-order valence-electron chi connectivity index (χ4n) is 1.91. The van der Waals surface area contributed by atoms with Crippen LogP contribution in [0.2, 0.25) is 0 Å². The fraction of sp³-hybridized carbons (Fsp3) is 0.286.